The summed E-state index contributed by atoms with van der Waals surface area (Å²) in [5, 5.41) is 14.3. The average Bonchev–Trinajstić information content (AvgIpc) is 2.90. The molecule has 1 aliphatic rings. The maximum atomic E-state index is 10.9. The summed E-state index contributed by atoms with van der Waals surface area (Å²) in [4.78, 5) is 15.5. The first-order valence-electron chi connectivity index (χ1n) is 7.29. The summed E-state index contributed by atoms with van der Waals surface area (Å²) in [5.41, 5.74) is 2.93. The third-order valence-corrected chi connectivity index (χ3v) is 5.02. The molecule has 0 spiro atoms. The van der Waals surface area contributed by atoms with E-state index in [2.05, 4.69) is 28.5 Å². The molecule has 0 aromatic carbocycles. The molecule has 1 saturated carbocycles. The third-order valence-electron chi connectivity index (χ3n) is 4.08. The lowest BCUT2D eigenvalue weighted by atomic mass is 9.82. The van der Waals surface area contributed by atoms with Gasteiger partial charge >= 0.3 is 5.97 Å². The number of aryl methyl sites for hydroxylation is 2. The Morgan fingerprint density at radius 3 is 2.76 bits per heavy atom. The zero-order valence-corrected chi connectivity index (χ0v) is 13.4. The minimum absolute atomic E-state index is 0.0421. The Labute approximate surface area is 127 Å². The van der Waals surface area contributed by atoms with Crippen LogP contribution in [0.3, 0.4) is 0 Å². The predicted octanol–water partition coefficient (Wildman–Crippen LogP) is 2.48. The zero-order valence-electron chi connectivity index (χ0n) is 12.5. The van der Waals surface area contributed by atoms with Gasteiger partial charge < -0.3 is 9.67 Å². The first-order chi connectivity index (χ1) is 10.0. The number of imidazole rings is 1. The van der Waals surface area contributed by atoms with Gasteiger partial charge in [0, 0.05) is 13.1 Å². The molecule has 2 aromatic heterocycles. The molecule has 2 heterocycles. The molecule has 7 heteroatoms. The number of aliphatic carboxylic acids is 1. The minimum Gasteiger partial charge on any atom is -0.481 e. The highest BCUT2D eigenvalue weighted by atomic mass is 32.2. The lowest BCUT2D eigenvalue weighted by Crippen LogP contribution is -2.26. The predicted molar refractivity (Wildman–Crippen MR) is 81.7 cm³/mol. The number of hydrogen-bond donors (Lipinski definition) is 1. The van der Waals surface area contributed by atoms with Gasteiger partial charge in [-0.2, -0.15) is 5.10 Å². The summed E-state index contributed by atoms with van der Waals surface area (Å²) < 4.78 is 4.09. The van der Waals surface area contributed by atoms with Crippen LogP contribution in [0, 0.1) is 5.92 Å². The Kier molecular flexibility index (Phi) is 3.69. The van der Waals surface area contributed by atoms with Crippen LogP contribution in [0.4, 0.5) is 0 Å². The molecular weight excluding hydrogens is 288 g/mol. The lowest BCUT2D eigenvalue weighted by molar-refractivity contribution is -0.133. The summed E-state index contributed by atoms with van der Waals surface area (Å²) in [5.74, 6) is -0.0430. The second kappa shape index (κ2) is 5.36. The van der Waals surface area contributed by atoms with Crippen molar-refractivity contribution in [1.82, 2.24) is 19.3 Å². The van der Waals surface area contributed by atoms with Gasteiger partial charge in [-0.15, -0.1) is 0 Å². The standard InChI is InChI=1S/C14H20N4O2S/c1-4-10-12-13(17(3)16-10)18(9-5-8(2)6-9)14(15-12)21-7-11(19)20/h8-9H,4-7H2,1-3H3,(H,19,20). The van der Waals surface area contributed by atoms with Crippen LogP contribution in [0.25, 0.3) is 11.2 Å². The molecule has 1 aliphatic carbocycles. The van der Waals surface area contributed by atoms with E-state index >= 15 is 0 Å². The first kappa shape index (κ1) is 14.4. The van der Waals surface area contributed by atoms with E-state index in [-0.39, 0.29) is 5.75 Å². The summed E-state index contributed by atoms with van der Waals surface area (Å²) in [6.07, 6.45) is 3.08. The van der Waals surface area contributed by atoms with Crippen LogP contribution in [-0.4, -0.2) is 36.2 Å². The SMILES string of the molecule is CCc1nn(C)c2c1nc(SCC(=O)O)n2C1CC(C)C1. The first-order valence-corrected chi connectivity index (χ1v) is 8.28. The van der Waals surface area contributed by atoms with Gasteiger partial charge in [-0.3, -0.25) is 9.48 Å². The molecule has 0 unspecified atom stereocenters. The maximum absolute atomic E-state index is 10.9. The number of carboxylic acid groups (broad SMARTS) is 1. The molecule has 1 N–H and O–H groups in total. The molecule has 1 fully saturated rings. The molecule has 2 aromatic rings. The maximum Gasteiger partial charge on any atom is 0.313 e. The Hall–Kier alpha value is -1.50. The second-order valence-electron chi connectivity index (χ2n) is 5.77. The summed E-state index contributed by atoms with van der Waals surface area (Å²) in [7, 11) is 1.94. The Morgan fingerprint density at radius 1 is 1.48 bits per heavy atom. The molecule has 21 heavy (non-hydrogen) atoms. The second-order valence-corrected chi connectivity index (χ2v) is 6.72. The topological polar surface area (TPSA) is 72.9 Å². The molecule has 114 valence electrons. The molecule has 0 saturated heterocycles. The number of carbonyl (C=O) groups is 1. The number of fused-ring (bicyclic) bond motifs is 1. The zero-order chi connectivity index (χ0) is 15.1. The van der Waals surface area contributed by atoms with Crippen molar-refractivity contribution in [2.45, 2.75) is 44.3 Å². The smallest absolute Gasteiger partial charge is 0.313 e. The van der Waals surface area contributed by atoms with Crippen LogP contribution in [-0.2, 0) is 18.3 Å². The van der Waals surface area contributed by atoms with Crippen LogP contribution in [0.2, 0.25) is 0 Å². The number of hydrogen-bond acceptors (Lipinski definition) is 4. The van der Waals surface area contributed by atoms with Crippen LogP contribution >= 0.6 is 11.8 Å². The van der Waals surface area contributed by atoms with E-state index in [9.17, 15) is 4.79 Å². The third kappa shape index (κ3) is 2.43. The fraction of sp³-hybridized carbons (Fsp3) is 0.643. The number of carboxylic acids is 1. The molecule has 0 radical (unpaired) electrons. The van der Waals surface area contributed by atoms with Crippen LogP contribution in [0.1, 0.15) is 38.4 Å². The highest BCUT2D eigenvalue weighted by molar-refractivity contribution is 7.99. The molecule has 0 amide bonds. The van der Waals surface area contributed by atoms with Crippen LogP contribution in [0.5, 0.6) is 0 Å². The minimum atomic E-state index is -0.811. The van der Waals surface area contributed by atoms with E-state index in [1.165, 1.54) is 11.8 Å². The van der Waals surface area contributed by atoms with E-state index in [1.807, 2.05) is 11.7 Å². The van der Waals surface area contributed by atoms with Crippen molar-refractivity contribution in [1.29, 1.82) is 0 Å². The molecule has 0 atom stereocenters. The number of rotatable bonds is 5. The largest absolute Gasteiger partial charge is 0.481 e. The van der Waals surface area contributed by atoms with Crippen molar-refractivity contribution in [3.63, 3.8) is 0 Å². The molecule has 3 rings (SSSR count). The number of aromatic nitrogens is 4. The van der Waals surface area contributed by atoms with Crippen LogP contribution < -0.4 is 0 Å². The summed E-state index contributed by atoms with van der Waals surface area (Å²) >= 11 is 1.30. The van der Waals surface area contributed by atoms with Crippen LogP contribution in [0.15, 0.2) is 5.16 Å². The fourth-order valence-electron chi connectivity index (χ4n) is 3.05. The van der Waals surface area contributed by atoms with Gasteiger partial charge in [0.15, 0.2) is 10.8 Å². The van der Waals surface area contributed by atoms with E-state index in [0.29, 0.717) is 6.04 Å². The Balaban J connectivity index is 2.07. The van der Waals surface area contributed by atoms with Gasteiger partial charge in [0.25, 0.3) is 0 Å². The summed E-state index contributed by atoms with van der Waals surface area (Å²) in [6, 6.07) is 0.418. The Bertz CT molecular complexity index is 685. The lowest BCUT2D eigenvalue weighted by Gasteiger charge is -2.34. The van der Waals surface area contributed by atoms with Crippen molar-refractivity contribution in [2.24, 2.45) is 13.0 Å². The van der Waals surface area contributed by atoms with Gasteiger partial charge in [0.1, 0.15) is 5.52 Å². The van der Waals surface area contributed by atoms with Gasteiger partial charge in [0.2, 0.25) is 0 Å². The van der Waals surface area contributed by atoms with Crippen molar-refractivity contribution >= 4 is 28.9 Å². The average molecular weight is 308 g/mol. The Morgan fingerprint density at radius 2 is 2.19 bits per heavy atom. The van der Waals surface area contributed by atoms with E-state index in [1.54, 1.807) is 0 Å². The van der Waals surface area contributed by atoms with Gasteiger partial charge in [-0.1, -0.05) is 25.6 Å². The van der Waals surface area contributed by atoms with Gasteiger partial charge in [-0.05, 0) is 25.2 Å². The van der Waals surface area contributed by atoms with E-state index in [4.69, 9.17) is 5.11 Å². The monoisotopic (exact) mass is 308 g/mol. The van der Waals surface area contributed by atoms with Crippen molar-refractivity contribution in [3.05, 3.63) is 5.69 Å². The van der Waals surface area contributed by atoms with E-state index < -0.39 is 5.97 Å². The summed E-state index contributed by atoms with van der Waals surface area (Å²) in [6.45, 7) is 4.31. The fourth-order valence-corrected chi connectivity index (χ4v) is 3.83. The normalized spacial score (nSPS) is 21.7. The molecule has 0 bridgehead atoms. The van der Waals surface area contributed by atoms with Crippen molar-refractivity contribution < 1.29 is 9.90 Å². The highest BCUT2D eigenvalue weighted by Crippen LogP contribution is 2.42. The quantitative estimate of drug-likeness (QED) is 0.859. The molecular formula is C14H20N4O2S. The molecule has 6 nitrogen and oxygen atoms in total. The van der Waals surface area contributed by atoms with Gasteiger partial charge in [-0.25, -0.2) is 4.98 Å². The highest BCUT2D eigenvalue weighted by Gasteiger charge is 2.32. The van der Waals surface area contributed by atoms with Crippen molar-refractivity contribution in [3.8, 4) is 0 Å². The number of thioether (sulfide) groups is 1. The molecule has 0 aliphatic heterocycles. The van der Waals surface area contributed by atoms with Gasteiger partial charge in [0.05, 0.1) is 11.4 Å². The number of nitrogens with zero attached hydrogens (tertiary/aromatic N) is 4. The van der Waals surface area contributed by atoms with E-state index in [0.717, 1.165) is 47.2 Å². The van der Waals surface area contributed by atoms with Crippen molar-refractivity contribution in [2.75, 3.05) is 5.75 Å².